The van der Waals surface area contributed by atoms with E-state index in [1.54, 1.807) is 45.0 Å². The highest BCUT2D eigenvalue weighted by atomic mass is 16.6. The summed E-state index contributed by atoms with van der Waals surface area (Å²) in [6.07, 6.45) is 0.276. The molecule has 2 N–H and O–H groups in total. The maximum atomic E-state index is 12.5. The summed E-state index contributed by atoms with van der Waals surface area (Å²) in [7, 11) is 0. The van der Waals surface area contributed by atoms with E-state index in [0.717, 1.165) is 17.7 Å². The molecule has 2 aromatic rings. The number of benzene rings is 2. The van der Waals surface area contributed by atoms with Gasteiger partial charge in [-0.2, -0.15) is 0 Å². The van der Waals surface area contributed by atoms with Gasteiger partial charge < -0.3 is 10.1 Å². The molecule has 5 nitrogen and oxygen atoms in total. The molecule has 0 bridgehead atoms. The lowest BCUT2D eigenvalue weighted by atomic mass is 10.1. The fraction of sp³-hybridized carbons (Fsp3) is 0.300. The zero-order valence-electron chi connectivity index (χ0n) is 15.1. The molecule has 0 aliphatic heterocycles. The summed E-state index contributed by atoms with van der Waals surface area (Å²) >= 11 is 0. The molecule has 0 aliphatic rings. The maximum Gasteiger partial charge on any atom is 0.412 e. The topological polar surface area (TPSA) is 67.4 Å². The number of carbonyl (C=O) groups excluding carboxylic acids is 2. The number of carbonyl (C=O) groups is 2. The van der Waals surface area contributed by atoms with Gasteiger partial charge in [0.15, 0.2) is 0 Å². The third kappa shape index (κ3) is 5.64. The zero-order valence-corrected chi connectivity index (χ0v) is 15.1. The molecule has 5 heteroatoms. The van der Waals surface area contributed by atoms with E-state index < -0.39 is 11.7 Å². The van der Waals surface area contributed by atoms with Crippen LogP contribution in [0.4, 0.5) is 16.2 Å². The number of nitrogens with one attached hydrogen (secondary N) is 2. The molecule has 0 saturated carbocycles. The zero-order chi connectivity index (χ0) is 18.4. The molecule has 2 aromatic carbocycles. The molecule has 0 saturated heterocycles. The predicted octanol–water partition coefficient (Wildman–Crippen LogP) is 4.85. The Morgan fingerprint density at radius 2 is 1.72 bits per heavy atom. The van der Waals surface area contributed by atoms with Gasteiger partial charge in [0.2, 0.25) is 0 Å². The molecule has 0 aromatic heterocycles. The molecule has 0 fully saturated rings. The fourth-order valence-corrected chi connectivity index (χ4v) is 2.30. The van der Waals surface area contributed by atoms with Crippen molar-refractivity contribution < 1.29 is 14.3 Å². The molecular formula is C20H24N2O3. The van der Waals surface area contributed by atoms with Gasteiger partial charge >= 0.3 is 6.09 Å². The smallest absolute Gasteiger partial charge is 0.412 e. The minimum absolute atomic E-state index is 0.228. The van der Waals surface area contributed by atoms with Crippen LogP contribution < -0.4 is 10.6 Å². The third-order valence-corrected chi connectivity index (χ3v) is 3.42. The van der Waals surface area contributed by atoms with Gasteiger partial charge in [-0.1, -0.05) is 31.2 Å². The summed E-state index contributed by atoms with van der Waals surface area (Å²) < 4.78 is 5.22. The molecule has 25 heavy (non-hydrogen) atoms. The largest absolute Gasteiger partial charge is 0.444 e. The minimum atomic E-state index is -0.580. The van der Waals surface area contributed by atoms with Crippen molar-refractivity contribution in [2.75, 3.05) is 10.6 Å². The molecule has 0 radical (unpaired) electrons. The minimum Gasteiger partial charge on any atom is -0.444 e. The van der Waals surface area contributed by atoms with Crippen molar-refractivity contribution in [1.29, 1.82) is 0 Å². The molecule has 0 unspecified atom stereocenters. The maximum absolute atomic E-state index is 12.5. The lowest BCUT2D eigenvalue weighted by molar-refractivity contribution is 0.0635. The number of hydrogen-bond donors (Lipinski definition) is 2. The third-order valence-electron chi connectivity index (χ3n) is 3.42. The normalized spacial score (nSPS) is 10.9. The Hall–Kier alpha value is -2.82. The van der Waals surface area contributed by atoms with Gasteiger partial charge in [-0.3, -0.25) is 10.1 Å². The van der Waals surface area contributed by atoms with Crippen LogP contribution in [0.25, 0.3) is 0 Å². The Morgan fingerprint density at radius 3 is 2.40 bits per heavy atom. The Bertz CT molecular complexity index is 764. The first-order chi connectivity index (χ1) is 11.8. The van der Waals surface area contributed by atoms with Gasteiger partial charge in [-0.15, -0.1) is 0 Å². The van der Waals surface area contributed by atoms with Gasteiger partial charge in [0, 0.05) is 16.9 Å². The molecular weight excluding hydrogens is 316 g/mol. The van der Waals surface area contributed by atoms with Crippen LogP contribution in [0.1, 0.15) is 43.6 Å². The quantitative estimate of drug-likeness (QED) is 0.836. The number of anilines is 2. The van der Waals surface area contributed by atoms with Crippen molar-refractivity contribution >= 4 is 23.4 Å². The summed E-state index contributed by atoms with van der Waals surface area (Å²) in [5.41, 5.74) is 2.24. The highest BCUT2D eigenvalue weighted by Crippen LogP contribution is 2.18. The van der Waals surface area contributed by atoms with Crippen molar-refractivity contribution in [2.24, 2.45) is 0 Å². The Morgan fingerprint density at radius 1 is 1.00 bits per heavy atom. The van der Waals surface area contributed by atoms with Crippen LogP contribution >= 0.6 is 0 Å². The Labute approximate surface area is 148 Å². The Kier molecular flexibility index (Phi) is 5.80. The van der Waals surface area contributed by atoms with E-state index >= 15 is 0 Å². The number of hydrogen-bond acceptors (Lipinski definition) is 3. The highest BCUT2D eigenvalue weighted by Gasteiger charge is 2.16. The van der Waals surface area contributed by atoms with E-state index in [0.29, 0.717) is 11.3 Å². The van der Waals surface area contributed by atoms with Crippen LogP contribution in [-0.4, -0.2) is 17.6 Å². The van der Waals surface area contributed by atoms with Gasteiger partial charge in [-0.25, -0.2) is 4.79 Å². The lowest BCUT2D eigenvalue weighted by Crippen LogP contribution is -2.27. The fourth-order valence-electron chi connectivity index (χ4n) is 2.30. The van der Waals surface area contributed by atoms with Crippen LogP contribution in [-0.2, 0) is 11.2 Å². The number of ether oxygens (including phenoxy) is 1. The second kappa shape index (κ2) is 7.83. The Balaban J connectivity index is 2.10. The first-order valence-corrected chi connectivity index (χ1v) is 8.28. The van der Waals surface area contributed by atoms with Crippen LogP contribution in [0.5, 0.6) is 0 Å². The van der Waals surface area contributed by atoms with Crippen molar-refractivity contribution in [3.05, 3.63) is 59.7 Å². The van der Waals surface area contributed by atoms with E-state index in [-0.39, 0.29) is 5.91 Å². The molecule has 0 heterocycles. The monoisotopic (exact) mass is 340 g/mol. The number of amides is 2. The molecule has 2 amide bonds. The summed E-state index contributed by atoms with van der Waals surface area (Å²) in [4.78, 5) is 24.3. The second-order valence-electron chi connectivity index (χ2n) is 6.67. The predicted molar refractivity (Wildman–Crippen MR) is 100 cm³/mol. The number of aryl methyl sites for hydroxylation is 1. The van der Waals surface area contributed by atoms with Gasteiger partial charge in [-0.05, 0) is 57.0 Å². The molecule has 0 aliphatic carbocycles. The SMILES string of the molecule is CCc1ccccc1NC(=O)c1cccc(NC(=O)OC(C)(C)C)c1. The van der Waals surface area contributed by atoms with E-state index in [9.17, 15) is 9.59 Å². The first-order valence-electron chi connectivity index (χ1n) is 8.28. The standard InChI is InChI=1S/C20H24N2O3/c1-5-14-9-6-7-12-17(14)22-18(23)15-10-8-11-16(13-15)21-19(24)25-20(2,3)4/h6-13H,5H2,1-4H3,(H,21,24)(H,22,23). The van der Waals surface area contributed by atoms with Crippen LogP contribution in [0.2, 0.25) is 0 Å². The van der Waals surface area contributed by atoms with Gasteiger partial charge in [0.1, 0.15) is 5.60 Å². The second-order valence-corrected chi connectivity index (χ2v) is 6.67. The summed E-state index contributed by atoms with van der Waals surface area (Å²) in [6, 6.07) is 14.4. The van der Waals surface area contributed by atoms with E-state index in [1.165, 1.54) is 0 Å². The van der Waals surface area contributed by atoms with E-state index in [4.69, 9.17) is 4.74 Å². The summed E-state index contributed by atoms with van der Waals surface area (Å²) in [5, 5.41) is 5.55. The molecule has 132 valence electrons. The van der Waals surface area contributed by atoms with Crippen molar-refractivity contribution in [2.45, 2.75) is 39.7 Å². The van der Waals surface area contributed by atoms with E-state index in [2.05, 4.69) is 10.6 Å². The van der Waals surface area contributed by atoms with Crippen LogP contribution in [0, 0.1) is 0 Å². The number of rotatable bonds is 4. The summed E-state index contributed by atoms with van der Waals surface area (Å²) in [6.45, 7) is 7.42. The lowest BCUT2D eigenvalue weighted by Gasteiger charge is -2.19. The first kappa shape index (κ1) is 18.5. The van der Waals surface area contributed by atoms with Crippen LogP contribution in [0.15, 0.2) is 48.5 Å². The van der Waals surface area contributed by atoms with Crippen molar-refractivity contribution in [3.63, 3.8) is 0 Å². The summed E-state index contributed by atoms with van der Waals surface area (Å²) in [5.74, 6) is -0.228. The average Bonchev–Trinajstić information content (AvgIpc) is 2.53. The van der Waals surface area contributed by atoms with Crippen LogP contribution in [0.3, 0.4) is 0 Å². The molecule has 0 spiro atoms. The average molecular weight is 340 g/mol. The van der Waals surface area contributed by atoms with Gasteiger partial charge in [0.05, 0.1) is 0 Å². The molecule has 2 rings (SSSR count). The van der Waals surface area contributed by atoms with Crippen molar-refractivity contribution in [1.82, 2.24) is 0 Å². The highest BCUT2D eigenvalue weighted by molar-refractivity contribution is 6.05. The van der Waals surface area contributed by atoms with E-state index in [1.807, 2.05) is 31.2 Å². The van der Waals surface area contributed by atoms with Gasteiger partial charge in [0.25, 0.3) is 5.91 Å². The molecule has 0 atom stereocenters. The number of para-hydroxylation sites is 1. The van der Waals surface area contributed by atoms with Crippen molar-refractivity contribution in [3.8, 4) is 0 Å².